The molecule has 7 nitrogen and oxygen atoms in total. The van der Waals surface area contributed by atoms with E-state index in [0.29, 0.717) is 16.8 Å². The standard InChI is InChI=1S/C21H25N3O4S/c1-4-22-29(27,28)17-10-6-13(2)18(12-17)21(26)24-19-11-15(7-5-14(19)3)20(25)23-16-8-9-16/h5-7,10-12,16,22H,4,8-9H2,1-3H3,(H,23,25)(H,24,26). The summed E-state index contributed by atoms with van der Waals surface area (Å²) in [4.78, 5) is 25.2. The molecule has 2 aromatic rings. The minimum atomic E-state index is -3.67. The second kappa shape index (κ2) is 8.34. The maximum Gasteiger partial charge on any atom is 0.255 e. The molecule has 1 saturated carbocycles. The van der Waals surface area contributed by atoms with E-state index in [9.17, 15) is 18.0 Å². The van der Waals surface area contributed by atoms with Gasteiger partial charge in [-0.3, -0.25) is 9.59 Å². The highest BCUT2D eigenvalue weighted by molar-refractivity contribution is 7.89. The first kappa shape index (κ1) is 21.0. The lowest BCUT2D eigenvalue weighted by molar-refractivity contribution is 0.0949. The molecule has 3 rings (SSSR count). The van der Waals surface area contributed by atoms with Crippen molar-refractivity contribution in [2.75, 3.05) is 11.9 Å². The summed E-state index contributed by atoms with van der Waals surface area (Å²) in [6, 6.07) is 9.81. The summed E-state index contributed by atoms with van der Waals surface area (Å²) >= 11 is 0. The number of anilines is 1. The molecule has 3 N–H and O–H groups in total. The quantitative estimate of drug-likeness (QED) is 0.647. The summed E-state index contributed by atoms with van der Waals surface area (Å²) in [5, 5.41) is 5.73. The van der Waals surface area contributed by atoms with Crippen molar-refractivity contribution in [2.24, 2.45) is 0 Å². The Balaban J connectivity index is 1.85. The Kier molecular flexibility index (Phi) is 6.04. The van der Waals surface area contributed by atoms with Crippen molar-refractivity contribution < 1.29 is 18.0 Å². The number of hydrogen-bond acceptors (Lipinski definition) is 4. The highest BCUT2D eigenvalue weighted by Gasteiger charge is 2.24. The Morgan fingerprint density at radius 2 is 1.69 bits per heavy atom. The van der Waals surface area contributed by atoms with Crippen molar-refractivity contribution in [1.29, 1.82) is 0 Å². The third-order valence-electron chi connectivity index (χ3n) is 4.76. The summed E-state index contributed by atoms with van der Waals surface area (Å²) in [5.41, 5.74) is 2.70. The van der Waals surface area contributed by atoms with Crippen LogP contribution in [0.1, 0.15) is 51.6 Å². The third kappa shape index (κ3) is 5.02. The van der Waals surface area contributed by atoms with Crippen LogP contribution in [0.2, 0.25) is 0 Å². The van der Waals surface area contributed by atoms with Crippen LogP contribution in [0.15, 0.2) is 41.3 Å². The molecule has 1 aliphatic rings. The van der Waals surface area contributed by atoms with Gasteiger partial charge in [0.25, 0.3) is 11.8 Å². The Bertz CT molecular complexity index is 1060. The van der Waals surface area contributed by atoms with E-state index in [1.807, 2.05) is 6.92 Å². The SMILES string of the molecule is CCNS(=O)(=O)c1ccc(C)c(C(=O)Nc2cc(C(=O)NC3CC3)ccc2C)c1. The van der Waals surface area contributed by atoms with Crippen molar-refractivity contribution in [3.8, 4) is 0 Å². The summed E-state index contributed by atoms with van der Waals surface area (Å²) in [7, 11) is -3.67. The second-order valence-corrected chi connectivity index (χ2v) is 8.98. The molecular weight excluding hydrogens is 390 g/mol. The molecule has 0 aromatic heterocycles. The van der Waals surface area contributed by atoms with Crippen LogP contribution in [-0.4, -0.2) is 32.8 Å². The predicted octanol–water partition coefficient (Wildman–Crippen LogP) is 2.75. The van der Waals surface area contributed by atoms with E-state index in [0.717, 1.165) is 18.4 Å². The lowest BCUT2D eigenvalue weighted by Gasteiger charge is -2.13. The fourth-order valence-corrected chi connectivity index (χ4v) is 3.94. The van der Waals surface area contributed by atoms with Gasteiger partial charge in [-0.2, -0.15) is 0 Å². The molecule has 2 aromatic carbocycles. The average molecular weight is 416 g/mol. The number of carbonyl (C=O) groups excluding carboxylic acids is 2. The molecule has 1 fully saturated rings. The monoisotopic (exact) mass is 415 g/mol. The largest absolute Gasteiger partial charge is 0.349 e. The molecule has 0 heterocycles. The molecule has 8 heteroatoms. The molecule has 0 spiro atoms. The van der Waals surface area contributed by atoms with Crippen molar-refractivity contribution in [2.45, 2.75) is 44.6 Å². The van der Waals surface area contributed by atoms with Gasteiger partial charge in [0.05, 0.1) is 4.90 Å². The average Bonchev–Trinajstić information content (AvgIpc) is 3.47. The van der Waals surface area contributed by atoms with E-state index in [-0.39, 0.29) is 29.0 Å². The molecule has 154 valence electrons. The molecule has 2 amide bonds. The highest BCUT2D eigenvalue weighted by Crippen LogP contribution is 2.23. The Morgan fingerprint density at radius 3 is 2.34 bits per heavy atom. The van der Waals surface area contributed by atoms with Gasteiger partial charge in [0.2, 0.25) is 10.0 Å². The normalized spacial score (nSPS) is 13.8. The molecule has 0 unspecified atom stereocenters. The zero-order valence-electron chi connectivity index (χ0n) is 16.7. The molecule has 0 atom stereocenters. The van der Waals surface area contributed by atoms with Crippen LogP contribution < -0.4 is 15.4 Å². The molecule has 0 saturated heterocycles. The topological polar surface area (TPSA) is 104 Å². The smallest absolute Gasteiger partial charge is 0.255 e. The molecule has 1 aliphatic carbocycles. The number of hydrogen-bond donors (Lipinski definition) is 3. The number of amides is 2. The Morgan fingerprint density at radius 1 is 1.00 bits per heavy atom. The van der Waals surface area contributed by atoms with Crippen LogP contribution in [0.25, 0.3) is 0 Å². The zero-order chi connectivity index (χ0) is 21.2. The van der Waals surface area contributed by atoms with Crippen LogP contribution in [0.5, 0.6) is 0 Å². The molecule has 29 heavy (non-hydrogen) atoms. The van der Waals surface area contributed by atoms with Crippen molar-refractivity contribution in [3.05, 3.63) is 58.7 Å². The molecular formula is C21H25N3O4S. The van der Waals surface area contributed by atoms with Crippen LogP contribution in [-0.2, 0) is 10.0 Å². The van der Waals surface area contributed by atoms with Crippen molar-refractivity contribution in [3.63, 3.8) is 0 Å². The second-order valence-electron chi connectivity index (χ2n) is 7.21. The summed E-state index contributed by atoms with van der Waals surface area (Å²) in [6.07, 6.45) is 1.99. The van der Waals surface area contributed by atoms with E-state index in [4.69, 9.17) is 0 Å². The molecule has 0 aliphatic heterocycles. The van der Waals surface area contributed by atoms with Gasteiger partial charge in [0.1, 0.15) is 0 Å². The number of carbonyl (C=O) groups is 2. The van der Waals surface area contributed by atoms with Gasteiger partial charge in [0.15, 0.2) is 0 Å². The molecule has 0 bridgehead atoms. The number of rotatable bonds is 7. The Hall–Kier alpha value is -2.71. The van der Waals surface area contributed by atoms with Gasteiger partial charge in [0, 0.05) is 29.4 Å². The highest BCUT2D eigenvalue weighted by atomic mass is 32.2. The summed E-state index contributed by atoms with van der Waals surface area (Å²) in [6.45, 7) is 5.52. The molecule has 0 radical (unpaired) electrons. The summed E-state index contributed by atoms with van der Waals surface area (Å²) < 4.78 is 26.9. The van der Waals surface area contributed by atoms with E-state index >= 15 is 0 Å². The maximum atomic E-state index is 12.9. The van der Waals surface area contributed by atoms with Gasteiger partial charge in [-0.15, -0.1) is 0 Å². The zero-order valence-corrected chi connectivity index (χ0v) is 17.5. The van der Waals surface area contributed by atoms with Gasteiger partial charge in [-0.1, -0.05) is 19.1 Å². The number of sulfonamides is 1. The fraction of sp³-hybridized carbons (Fsp3) is 0.333. The predicted molar refractivity (Wildman–Crippen MR) is 112 cm³/mol. The van der Waals surface area contributed by atoms with Crippen LogP contribution in [0, 0.1) is 13.8 Å². The maximum absolute atomic E-state index is 12.9. The van der Waals surface area contributed by atoms with Crippen molar-refractivity contribution >= 4 is 27.5 Å². The van der Waals surface area contributed by atoms with E-state index < -0.39 is 15.9 Å². The fourth-order valence-electron chi connectivity index (χ4n) is 2.87. The van der Waals surface area contributed by atoms with Crippen LogP contribution in [0.4, 0.5) is 5.69 Å². The lowest BCUT2D eigenvalue weighted by atomic mass is 10.1. The lowest BCUT2D eigenvalue weighted by Crippen LogP contribution is -2.25. The van der Waals surface area contributed by atoms with Crippen LogP contribution in [0.3, 0.4) is 0 Å². The third-order valence-corrected chi connectivity index (χ3v) is 6.30. The van der Waals surface area contributed by atoms with E-state index in [1.54, 1.807) is 38.1 Å². The Labute approximate surface area is 171 Å². The van der Waals surface area contributed by atoms with Crippen molar-refractivity contribution in [1.82, 2.24) is 10.0 Å². The van der Waals surface area contributed by atoms with Gasteiger partial charge in [-0.25, -0.2) is 13.1 Å². The summed E-state index contributed by atoms with van der Waals surface area (Å²) in [5.74, 6) is -0.600. The first-order chi connectivity index (χ1) is 13.7. The van der Waals surface area contributed by atoms with E-state index in [1.165, 1.54) is 12.1 Å². The number of aryl methyl sites for hydroxylation is 2. The first-order valence-corrected chi connectivity index (χ1v) is 11.0. The van der Waals surface area contributed by atoms with Gasteiger partial charge in [-0.05, 0) is 62.1 Å². The van der Waals surface area contributed by atoms with Gasteiger partial charge >= 0.3 is 0 Å². The minimum absolute atomic E-state index is 0.0318. The van der Waals surface area contributed by atoms with Gasteiger partial charge < -0.3 is 10.6 Å². The number of nitrogens with one attached hydrogen (secondary N) is 3. The van der Waals surface area contributed by atoms with Crippen LogP contribution >= 0.6 is 0 Å². The number of benzene rings is 2. The van der Waals surface area contributed by atoms with E-state index in [2.05, 4.69) is 15.4 Å². The first-order valence-electron chi connectivity index (χ1n) is 9.54. The minimum Gasteiger partial charge on any atom is -0.349 e.